The first-order valence-corrected chi connectivity index (χ1v) is 8.50. The van der Waals surface area contributed by atoms with Gasteiger partial charge in [-0.05, 0) is 48.9 Å². The number of anilines is 1. The molecule has 2 N–H and O–H groups in total. The minimum atomic E-state index is -0.185. The van der Waals surface area contributed by atoms with E-state index in [0.29, 0.717) is 18.8 Å². The van der Waals surface area contributed by atoms with Crippen molar-refractivity contribution in [2.75, 3.05) is 11.9 Å². The highest BCUT2D eigenvalue weighted by Crippen LogP contribution is 2.14. The van der Waals surface area contributed by atoms with Crippen molar-refractivity contribution in [2.45, 2.75) is 20.0 Å². The molecule has 5 heteroatoms. The van der Waals surface area contributed by atoms with E-state index >= 15 is 0 Å². The zero-order chi connectivity index (χ0) is 18.2. The van der Waals surface area contributed by atoms with Crippen molar-refractivity contribution >= 4 is 11.6 Å². The Morgan fingerprint density at radius 2 is 1.88 bits per heavy atom. The third kappa shape index (κ3) is 5.50. The number of benzene rings is 2. The van der Waals surface area contributed by atoms with Crippen LogP contribution in [0.5, 0.6) is 5.75 Å². The predicted molar refractivity (Wildman–Crippen MR) is 101 cm³/mol. The Balaban J connectivity index is 1.45. The Morgan fingerprint density at radius 3 is 2.65 bits per heavy atom. The van der Waals surface area contributed by atoms with Gasteiger partial charge in [0.15, 0.2) is 6.61 Å². The van der Waals surface area contributed by atoms with Crippen LogP contribution in [0.25, 0.3) is 0 Å². The summed E-state index contributed by atoms with van der Waals surface area (Å²) in [5.41, 5.74) is 2.99. The molecule has 26 heavy (non-hydrogen) atoms. The zero-order valence-electron chi connectivity index (χ0n) is 14.7. The number of nitrogens with one attached hydrogen (secondary N) is 2. The highest BCUT2D eigenvalue weighted by molar-refractivity contribution is 5.91. The molecule has 0 spiro atoms. The van der Waals surface area contributed by atoms with Gasteiger partial charge in [0.25, 0.3) is 5.91 Å². The second-order valence-electron chi connectivity index (χ2n) is 6.03. The Bertz CT molecular complexity index is 827. The van der Waals surface area contributed by atoms with Crippen molar-refractivity contribution in [3.05, 3.63) is 83.8 Å². The average Bonchev–Trinajstić information content (AvgIpc) is 3.16. The standard InChI is InChI=1S/C21H22N2O3/c1-16-7-9-18(10-8-16)23-21(24)15-26-19-5-2-4-17(12-19)13-22-14-20-6-3-11-25-20/h2-12,22H,13-15H2,1H3,(H,23,24). The number of carbonyl (C=O) groups is 1. The molecular weight excluding hydrogens is 328 g/mol. The minimum absolute atomic E-state index is 0.0306. The first-order valence-electron chi connectivity index (χ1n) is 8.50. The number of amides is 1. The van der Waals surface area contributed by atoms with E-state index in [1.54, 1.807) is 6.26 Å². The van der Waals surface area contributed by atoms with Gasteiger partial charge < -0.3 is 19.8 Å². The molecule has 0 bridgehead atoms. The van der Waals surface area contributed by atoms with Gasteiger partial charge in [-0.3, -0.25) is 4.79 Å². The van der Waals surface area contributed by atoms with Crippen molar-refractivity contribution in [3.8, 4) is 5.75 Å². The summed E-state index contributed by atoms with van der Waals surface area (Å²) in [5.74, 6) is 1.38. The van der Waals surface area contributed by atoms with Crippen molar-refractivity contribution < 1.29 is 13.9 Å². The van der Waals surface area contributed by atoms with Gasteiger partial charge in [0.05, 0.1) is 12.8 Å². The first kappa shape index (κ1) is 17.8. The van der Waals surface area contributed by atoms with Crippen LogP contribution in [0.4, 0.5) is 5.69 Å². The van der Waals surface area contributed by atoms with Gasteiger partial charge in [0.1, 0.15) is 11.5 Å². The van der Waals surface area contributed by atoms with E-state index in [1.807, 2.05) is 67.6 Å². The minimum Gasteiger partial charge on any atom is -0.484 e. The van der Waals surface area contributed by atoms with E-state index in [2.05, 4.69) is 10.6 Å². The Morgan fingerprint density at radius 1 is 1.04 bits per heavy atom. The number of hydrogen-bond acceptors (Lipinski definition) is 4. The van der Waals surface area contributed by atoms with Crippen LogP contribution < -0.4 is 15.4 Å². The Kier molecular flexibility index (Phi) is 6.06. The lowest BCUT2D eigenvalue weighted by Crippen LogP contribution is -2.20. The summed E-state index contributed by atoms with van der Waals surface area (Å²) < 4.78 is 10.9. The quantitative estimate of drug-likeness (QED) is 0.647. The van der Waals surface area contributed by atoms with Crippen molar-refractivity contribution in [1.82, 2.24) is 5.32 Å². The van der Waals surface area contributed by atoms with Gasteiger partial charge in [-0.25, -0.2) is 0 Å². The molecule has 0 fully saturated rings. The van der Waals surface area contributed by atoms with Crippen LogP contribution >= 0.6 is 0 Å². The fourth-order valence-corrected chi connectivity index (χ4v) is 2.47. The Hall–Kier alpha value is -3.05. The maximum atomic E-state index is 12.0. The normalized spacial score (nSPS) is 10.5. The summed E-state index contributed by atoms with van der Waals surface area (Å²) in [4.78, 5) is 12.0. The highest BCUT2D eigenvalue weighted by Gasteiger charge is 2.04. The van der Waals surface area contributed by atoms with Crippen LogP contribution in [0.1, 0.15) is 16.9 Å². The summed E-state index contributed by atoms with van der Waals surface area (Å²) in [5, 5.41) is 6.12. The van der Waals surface area contributed by atoms with Crippen molar-refractivity contribution in [3.63, 3.8) is 0 Å². The summed E-state index contributed by atoms with van der Waals surface area (Å²) in [6.07, 6.45) is 1.66. The maximum Gasteiger partial charge on any atom is 0.262 e. The predicted octanol–water partition coefficient (Wildman–Crippen LogP) is 3.90. The lowest BCUT2D eigenvalue weighted by molar-refractivity contribution is -0.118. The molecular formula is C21H22N2O3. The molecule has 3 rings (SSSR count). The summed E-state index contributed by atoms with van der Waals surface area (Å²) in [6, 6.07) is 19.1. The SMILES string of the molecule is Cc1ccc(NC(=O)COc2cccc(CNCc3ccco3)c2)cc1. The van der Waals surface area contributed by atoms with Gasteiger partial charge in [-0.2, -0.15) is 0 Å². The molecule has 1 amide bonds. The topological polar surface area (TPSA) is 63.5 Å². The smallest absolute Gasteiger partial charge is 0.262 e. The van der Waals surface area contributed by atoms with Crippen molar-refractivity contribution in [2.24, 2.45) is 0 Å². The fourth-order valence-electron chi connectivity index (χ4n) is 2.47. The fraction of sp³-hybridized carbons (Fsp3) is 0.190. The monoisotopic (exact) mass is 350 g/mol. The van der Waals surface area contributed by atoms with E-state index in [4.69, 9.17) is 9.15 Å². The number of hydrogen-bond donors (Lipinski definition) is 2. The molecule has 0 saturated heterocycles. The van der Waals surface area contributed by atoms with Crippen LogP contribution in [-0.2, 0) is 17.9 Å². The lowest BCUT2D eigenvalue weighted by atomic mass is 10.2. The van der Waals surface area contributed by atoms with Crippen LogP contribution in [0, 0.1) is 6.92 Å². The molecule has 0 saturated carbocycles. The number of aryl methyl sites for hydroxylation is 1. The van der Waals surface area contributed by atoms with Crippen LogP contribution in [-0.4, -0.2) is 12.5 Å². The van der Waals surface area contributed by atoms with E-state index in [9.17, 15) is 4.79 Å². The summed E-state index contributed by atoms with van der Waals surface area (Å²) in [7, 11) is 0. The van der Waals surface area contributed by atoms with Crippen molar-refractivity contribution in [1.29, 1.82) is 0 Å². The van der Waals surface area contributed by atoms with Gasteiger partial charge >= 0.3 is 0 Å². The molecule has 0 unspecified atom stereocenters. The van der Waals surface area contributed by atoms with Gasteiger partial charge in [-0.15, -0.1) is 0 Å². The number of rotatable bonds is 8. The van der Waals surface area contributed by atoms with E-state index < -0.39 is 0 Å². The molecule has 1 aromatic heterocycles. The molecule has 5 nitrogen and oxygen atoms in total. The average molecular weight is 350 g/mol. The number of carbonyl (C=O) groups excluding carboxylic acids is 1. The molecule has 3 aromatic rings. The molecule has 2 aromatic carbocycles. The lowest BCUT2D eigenvalue weighted by Gasteiger charge is -2.09. The summed E-state index contributed by atoms with van der Waals surface area (Å²) >= 11 is 0. The molecule has 0 atom stereocenters. The first-order chi connectivity index (χ1) is 12.7. The molecule has 0 aliphatic heterocycles. The van der Waals surface area contributed by atoms with Crippen LogP contribution in [0.15, 0.2) is 71.3 Å². The largest absolute Gasteiger partial charge is 0.484 e. The third-order valence-electron chi connectivity index (χ3n) is 3.81. The van der Waals surface area contributed by atoms with E-state index in [1.165, 1.54) is 0 Å². The molecule has 1 heterocycles. The maximum absolute atomic E-state index is 12.0. The molecule has 0 radical (unpaired) electrons. The second kappa shape index (κ2) is 8.87. The Labute approximate surface area is 153 Å². The second-order valence-corrected chi connectivity index (χ2v) is 6.03. The van der Waals surface area contributed by atoms with Gasteiger partial charge in [0, 0.05) is 12.2 Å². The zero-order valence-corrected chi connectivity index (χ0v) is 14.7. The van der Waals surface area contributed by atoms with E-state index in [-0.39, 0.29) is 12.5 Å². The molecule has 0 aliphatic carbocycles. The van der Waals surface area contributed by atoms with E-state index in [0.717, 1.165) is 22.6 Å². The third-order valence-corrected chi connectivity index (χ3v) is 3.81. The van der Waals surface area contributed by atoms with Crippen LogP contribution in [0.3, 0.4) is 0 Å². The molecule has 134 valence electrons. The van der Waals surface area contributed by atoms with Gasteiger partial charge in [0.2, 0.25) is 0 Å². The molecule has 0 aliphatic rings. The number of ether oxygens (including phenoxy) is 1. The van der Waals surface area contributed by atoms with Crippen LogP contribution in [0.2, 0.25) is 0 Å². The van der Waals surface area contributed by atoms with Gasteiger partial charge in [-0.1, -0.05) is 29.8 Å². The highest BCUT2D eigenvalue weighted by atomic mass is 16.5. The summed E-state index contributed by atoms with van der Waals surface area (Å²) in [6.45, 7) is 3.33. The number of furan rings is 1.